The quantitative estimate of drug-likeness (QED) is 0.510. The van der Waals surface area contributed by atoms with E-state index in [1.54, 1.807) is 18.6 Å². The number of benzene rings is 1. The van der Waals surface area contributed by atoms with Crippen LogP contribution in [0.25, 0.3) is 22.4 Å². The molecule has 3 aromatic heterocycles. The maximum absolute atomic E-state index is 12.9. The van der Waals surface area contributed by atoms with Gasteiger partial charge in [-0.05, 0) is 36.3 Å². The van der Waals surface area contributed by atoms with E-state index in [0.29, 0.717) is 42.8 Å². The molecule has 4 heterocycles. The van der Waals surface area contributed by atoms with Crippen molar-refractivity contribution < 1.29 is 9.32 Å². The smallest absolute Gasteiger partial charge is 0.242 e. The molecule has 8 heteroatoms. The molecule has 8 nitrogen and oxygen atoms in total. The highest BCUT2D eigenvalue weighted by Gasteiger charge is 2.26. The molecule has 0 bridgehead atoms. The van der Waals surface area contributed by atoms with Crippen molar-refractivity contribution in [1.29, 1.82) is 0 Å². The van der Waals surface area contributed by atoms with E-state index >= 15 is 0 Å². The maximum atomic E-state index is 12.9. The summed E-state index contributed by atoms with van der Waals surface area (Å²) in [5.41, 5.74) is 1.67. The van der Waals surface area contributed by atoms with Crippen LogP contribution in [0.15, 0.2) is 59.6 Å². The Balaban J connectivity index is 1.23. The van der Waals surface area contributed by atoms with E-state index in [9.17, 15) is 4.79 Å². The Morgan fingerprint density at radius 1 is 1.20 bits per heavy atom. The van der Waals surface area contributed by atoms with E-state index in [2.05, 4.69) is 26.2 Å². The van der Waals surface area contributed by atoms with E-state index in [-0.39, 0.29) is 5.91 Å². The van der Waals surface area contributed by atoms with Crippen LogP contribution < -0.4 is 0 Å². The standard InChI is InChI=1S/C22H22N6O2/c29-21(15-27-11-7-17-5-1-2-6-19(17)27)28-10-3-4-16(14-28)12-20-25-22(26-30-20)18-13-23-8-9-24-18/h1-2,5-9,11,13,16H,3-4,10,12,14-15H2. The molecular formula is C22H22N6O2. The van der Waals surface area contributed by atoms with Gasteiger partial charge < -0.3 is 14.0 Å². The Kier molecular flexibility index (Phi) is 4.96. The molecule has 1 aliphatic rings. The number of piperidine rings is 1. The number of carbonyl (C=O) groups is 1. The second-order valence-corrected chi connectivity index (χ2v) is 7.66. The predicted molar refractivity (Wildman–Crippen MR) is 110 cm³/mol. The number of likely N-dealkylation sites (tertiary alicyclic amines) is 1. The highest BCUT2D eigenvalue weighted by Crippen LogP contribution is 2.22. The molecule has 1 aromatic carbocycles. The van der Waals surface area contributed by atoms with Crippen molar-refractivity contribution >= 4 is 16.8 Å². The lowest BCUT2D eigenvalue weighted by Crippen LogP contribution is -2.42. The molecule has 1 fully saturated rings. The third-order valence-corrected chi connectivity index (χ3v) is 5.58. The Labute approximate surface area is 173 Å². The van der Waals surface area contributed by atoms with E-state index in [1.807, 2.05) is 39.9 Å². The van der Waals surface area contributed by atoms with Crippen molar-refractivity contribution in [2.24, 2.45) is 5.92 Å². The lowest BCUT2D eigenvalue weighted by Gasteiger charge is -2.32. The van der Waals surface area contributed by atoms with E-state index in [4.69, 9.17) is 4.52 Å². The fourth-order valence-corrected chi connectivity index (χ4v) is 4.09. The highest BCUT2D eigenvalue weighted by atomic mass is 16.5. The summed E-state index contributed by atoms with van der Waals surface area (Å²) in [7, 11) is 0. The summed E-state index contributed by atoms with van der Waals surface area (Å²) in [6, 6.07) is 10.2. The molecule has 0 radical (unpaired) electrons. The maximum Gasteiger partial charge on any atom is 0.242 e. The van der Waals surface area contributed by atoms with E-state index in [1.165, 1.54) is 0 Å². The zero-order valence-corrected chi connectivity index (χ0v) is 16.5. The number of hydrogen-bond acceptors (Lipinski definition) is 6. The number of aromatic nitrogens is 5. The van der Waals surface area contributed by atoms with Crippen molar-refractivity contribution in [3.05, 3.63) is 61.0 Å². The molecule has 1 atom stereocenters. The van der Waals surface area contributed by atoms with Crippen molar-refractivity contribution in [1.82, 2.24) is 29.6 Å². The van der Waals surface area contributed by atoms with Gasteiger partial charge >= 0.3 is 0 Å². The summed E-state index contributed by atoms with van der Waals surface area (Å²) in [5.74, 6) is 1.47. The molecule has 0 aliphatic carbocycles. The largest absolute Gasteiger partial charge is 0.341 e. The lowest BCUT2D eigenvalue weighted by molar-refractivity contribution is -0.133. The summed E-state index contributed by atoms with van der Waals surface area (Å²) in [5, 5.41) is 5.16. The van der Waals surface area contributed by atoms with Crippen LogP contribution in [0.5, 0.6) is 0 Å². The van der Waals surface area contributed by atoms with E-state index in [0.717, 1.165) is 30.3 Å². The number of fused-ring (bicyclic) bond motifs is 1. The molecular weight excluding hydrogens is 380 g/mol. The van der Waals surface area contributed by atoms with Gasteiger partial charge in [-0.1, -0.05) is 23.4 Å². The van der Waals surface area contributed by atoms with Gasteiger partial charge in [0.1, 0.15) is 12.2 Å². The van der Waals surface area contributed by atoms with Gasteiger partial charge in [0.25, 0.3) is 0 Å². The zero-order chi connectivity index (χ0) is 20.3. The van der Waals surface area contributed by atoms with Crippen molar-refractivity contribution in [3.63, 3.8) is 0 Å². The molecule has 5 rings (SSSR count). The third-order valence-electron chi connectivity index (χ3n) is 5.58. The summed E-state index contributed by atoms with van der Waals surface area (Å²) < 4.78 is 7.43. The van der Waals surface area contributed by atoms with Crippen LogP contribution in [0.1, 0.15) is 18.7 Å². The normalized spacial score (nSPS) is 16.8. The van der Waals surface area contributed by atoms with Crippen LogP contribution in [-0.4, -0.2) is 48.6 Å². The molecule has 1 aliphatic heterocycles. The average molecular weight is 402 g/mol. The molecule has 1 saturated heterocycles. The molecule has 4 aromatic rings. The van der Waals surface area contributed by atoms with Crippen molar-refractivity contribution in [2.75, 3.05) is 13.1 Å². The van der Waals surface area contributed by atoms with Crippen LogP contribution in [0.2, 0.25) is 0 Å². The lowest BCUT2D eigenvalue weighted by atomic mass is 9.94. The number of amides is 1. The topological polar surface area (TPSA) is 89.9 Å². The molecule has 1 amide bonds. The highest BCUT2D eigenvalue weighted by molar-refractivity contribution is 5.83. The number of hydrogen-bond donors (Lipinski definition) is 0. The first kappa shape index (κ1) is 18.5. The number of rotatable bonds is 5. The Morgan fingerprint density at radius 2 is 2.13 bits per heavy atom. The van der Waals surface area contributed by atoms with Gasteiger partial charge in [0.05, 0.1) is 6.20 Å². The van der Waals surface area contributed by atoms with Gasteiger partial charge in [-0.15, -0.1) is 0 Å². The molecule has 30 heavy (non-hydrogen) atoms. The predicted octanol–water partition coefficient (Wildman–Crippen LogP) is 2.96. The summed E-state index contributed by atoms with van der Waals surface area (Å²) in [6.07, 6.45) is 9.48. The zero-order valence-electron chi connectivity index (χ0n) is 16.5. The Morgan fingerprint density at radius 3 is 3.03 bits per heavy atom. The fourth-order valence-electron chi connectivity index (χ4n) is 4.09. The first-order valence-corrected chi connectivity index (χ1v) is 10.2. The average Bonchev–Trinajstić information content (AvgIpc) is 3.42. The number of nitrogens with zero attached hydrogens (tertiary/aromatic N) is 6. The van der Waals surface area contributed by atoms with Crippen LogP contribution in [0.4, 0.5) is 0 Å². The SMILES string of the molecule is O=C(Cn1ccc2ccccc21)N1CCCC(Cc2nc(-c3cnccn3)no2)C1. The van der Waals surface area contributed by atoms with E-state index < -0.39 is 0 Å². The van der Waals surface area contributed by atoms with Gasteiger partial charge in [0.2, 0.25) is 17.6 Å². The van der Waals surface area contributed by atoms with Crippen LogP contribution in [0.3, 0.4) is 0 Å². The summed E-state index contributed by atoms with van der Waals surface area (Å²) in [6.45, 7) is 1.86. The van der Waals surface area contributed by atoms with Gasteiger partial charge in [0.15, 0.2) is 0 Å². The Hall–Kier alpha value is -3.55. The molecule has 0 spiro atoms. The fraction of sp³-hybridized carbons (Fsp3) is 0.318. The molecule has 0 saturated carbocycles. The minimum absolute atomic E-state index is 0.145. The van der Waals surface area contributed by atoms with Gasteiger partial charge in [-0.2, -0.15) is 4.98 Å². The second-order valence-electron chi connectivity index (χ2n) is 7.66. The first-order chi connectivity index (χ1) is 14.8. The number of para-hydroxylation sites is 1. The third kappa shape index (κ3) is 3.80. The molecule has 0 N–H and O–H groups in total. The van der Waals surface area contributed by atoms with Crippen LogP contribution >= 0.6 is 0 Å². The van der Waals surface area contributed by atoms with Gasteiger partial charge in [-0.25, -0.2) is 4.98 Å². The minimum Gasteiger partial charge on any atom is -0.341 e. The van der Waals surface area contributed by atoms with Crippen LogP contribution in [0, 0.1) is 5.92 Å². The molecule has 1 unspecified atom stereocenters. The monoisotopic (exact) mass is 402 g/mol. The minimum atomic E-state index is 0.145. The number of carbonyl (C=O) groups excluding carboxylic acids is 1. The second kappa shape index (κ2) is 8.06. The first-order valence-electron chi connectivity index (χ1n) is 10.2. The van der Waals surface area contributed by atoms with Gasteiger partial charge in [-0.3, -0.25) is 9.78 Å². The van der Waals surface area contributed by atoms with Crippen molar-refractivity contribution in [3.8, 4) is 11.5 Å². The van der Waals surface area contributed by atoms with Crippen molar-refractivity contribution in [2.45, 2.75) is 25.8 Å². The Bertz CT molecular complexity index is 1150. The molecule has 152 valence electrons. The summed E-state index contributed by atoms with van der Waals surface area (Å²) in [4.78, 5) is 27.6. The summed E-state index contributed by atoms with van der Waals surface area (Å²) >= 11 is 0. The van der Waals surface area contributed by atoms with Crippen LogP contribution in [-0.2, 0) is 17.8 Å². The van der Waals surface area contributed by atoms with Gasteiger partial charge in [0, 0.05) is 43.6 Å².